The average Bonchev–Trinajstić information content (AvgIpc) is 2.48. The minimum absolute atomic E-state index is 0.0793. The van der Waals surface area contributed by atoms with E-state index in [-0.39, 0.29) is 11.1 Å². The van der Waals surface area contributed by atoms with E-state index >= 15 is 0 Å². The Balaban J connectivity index is 2.35. The zero-order valence-electron chi connectivity index (χ0n) is 12.5. The minimum Gasteiger partial charge on any atom is -0.383 e. The number of halogens is 2. The molecule has 2 rings (SSSR count). The molecule has 1 aromatic heterocycles. The van der Waals surface area contributed by atoms with Gasteiger partial charge < -0.3 is 14.6 Å². The summed E-state index contributed by atoms with van der Waals surface area (Å²) in [6.45, 7) is 3.13. The number of hydrogen-bond acceptors (Lipinski definition) is 3. The summed E-state index contributed by atoms with van der Waals surface area (Å²) in [4.78, 5) is 12.0. The first-order valence-corrected chi connectivity index (χ1v) is 6.90. The van der Waals surface area contributed by atoms with E-state index in [0.29, 0.717) is 31.0 Å². The Hall–Kier alpha value is -2.05. The van der Waals surface area contributed by atoms with Crippen LogP contribution in [0.1, 0.15) is 11.3 Å². The predicted molar refractivity (Wildman–Crippen MR) is 80.3 cm³/mol. The number of hydrogen-bond donors (Lipinski definition) is 1. The second-order valence-electron chi connectivity index (χ2n) is 4.94. The van der Waals surface area contributed by atoms with Crippen molar-refractivity contribution in [2.75, 3.05) is 20.3 Å². The number of pyridine rings is 1. The molecule has 1 heterocycles. The van der Waals surface area contributed by atoms with Gasteiger partial charge in [0, 0.05) is 49.8 Å². The summed E-state index contributed by atoms with van der Waals surface area (Å²) in [6, 6.07) is 4.65. The highest BCUT2D eigenvalue weighted by atomic mass is 19.1. The lowest BCUT2D eigenvalue weighted by Gasteiger charge is -2.14. The topological polar surface area (TPSA) is 43.3 Å². The van der Waals surface area contributed by atoms with Gasteiger partial charge in [-0.15, -0.1) is 0 Å². The van der Waals surface area contributed by atoms with E-state index < -0.39 is 11.6 Å². The van der Waals surface area contributed by atoms with Gasteiger partial charge in [-0.3, -0.25) is 4.79 Å². The fourth-order valence-corrected chi connectivity index (χ4v) is 2.13. The maximum atomic E-state index is 13.9. The van der Waals surface area contributed by atoms with Gasteiger partial charge in [-0.1, -0.05) is 0 Å². The van der Waals surface area contributed by atoms with Crippen LogP contribution in [0.25, 0.3) is 5.69 Å². The highest BCUT2D eigenvalue weighted by Crippen LogP contribution is 2.16. The van der Waals surface area contributed by atoms with Crippen LogP contribution in [0.15, 0.2) is 35.3 Å². The smallest absolute Gasteiger partial charge is 0.186 e. The normalized spacial score (nSPS) is 10.9. The first-order chi connectivity index (χ1) is 10.5. The molecule has 1 aromatic carbocycles. The van der Waals surface area contributed by atoms with Crippen molar-refractivity contribution < 1.29 is 13.5 Å². The lowest BCUT2D eigenvalue weighted by Crippen LogP contribution is -2.24. The molecule has 0 spiro atoms. The molecule has 4 nitrogen and oxygen atoms in total. The van der Waals surface area contributed by atoms with Crippen LogP contribution in [0.2, 0.25) is 0 Å². The maximum Gasteiger partial charge on any atom is 0.186 e. The molecule has 0 fully saturated rings. The third-order valence-corrected chi connectivity index (χ3v) is 3.29. The van der Waals surface area contributed by atoms with Crippen LogP contribution < -0.4 is 10.7 Å². The molecule has 0 atom stereocenters. The number of nitrogens with one attached hydrogen (secondary N) is 1. The standard InChI is InChI=1S/C16H18F2N2O2/c1-11-7-16(21)12(9-19-5-6-22-2)10-20(11)15-8-13(17)3-4-14(15)18/h3-4,7-8,10,19H,5-6,9H2,1-2H3. The van der Waals surface area contributed by atoms with Crippen molar-refractivity contribution in [2.45, 2.75) is 13.5 Å². The minimum atomic E-state index is -0.550. The average molecular weight is 308 g/mol. The molecule has 0 radical (unpaired) electrons. The fraction of sp³-hybridized carbons (Fsp3) is 0.312. The van der Waals surface area contributed by atoms with E-state index in [1.54, 1.807) is 14.0 Å². The molecular weight excluding hydrogens is 290 g/mol. The number of rotatable bonds is 6. The van der Waals surface area contributed by atoms with Crippen LogP contribution in [-0.4, -0.2) is 24.8 Å². The van der Waals surface area contributed by atoms with Crippen LogP contribution >= 0.6 is 0 Å². The highest BCUT2D eigenvalue weighted by molar-refractivity contribution is 5.37. The van der Waals surface area contributed by atoms with Gasteiger partial charge in [-0.05, 0) is 19.1 Å². The van der Waals surface area contributed by atoms with Crippen LogP contribution in [-0.2, 0) is 11.3 Å². The largest absolute Gasteiger partial charge is 0.383 e. The van der Waals surface area contributed by atoms with Crippen LogP contribution in [0.4, 0.5) is 8.78 Å². The van der Waals surface area contributed by atoms with E-state index in [0.717, 1.165) is 18.2 Å². The molecule has 0 aliphatic rings. The van der Waals surface area contributed by atoms with E-state index in [1.807, 2.05) is 0 Å². The molecule has 6 heteroatoms. The predicted octanol–water partition coefficient (Wildman–Crippen LogP) is 2.16. The monoisotopic (exact) mass is 308 g/mol. The quantitative estimate of drug-likeness (QED) is 0.832. The highest BCUT2D eigenvalue weighted by Gasteiger charge is 2.10. The number of ether oxygens (including phenoxy) is 1. The summed E-state index contributed by atoms with van der Waals surface area (Å²) in [5.74, 6) is -1.08. The second-order valence-corrected chi connectivity index (χ2v) is 4.94. The first kappa shape index (κ1) is 16.3. The zero-order chi connectivity index (χ0) is 16.1. The van der Waals surface area contributed by atoms with Gasteiger partial charge >= 0.3 is 0 Å². The van der Waals surface area contributed by atoms with Crippen molar-refractivity contribution in [1.29, 1.82) is 0 Å². The molecule has 0 amide bonds. The Bertz CT molecular complexity index is 714. The summed E-state index contributed by atoms with van der Waals surface area (Å²) in [5.41, 5.74) is 0.951. The van der Waals surface area contributed by atoms with E-state index in [4.69, 9.17) is 4.74 Å². The Morgan fingerprint density at radius 3 is 2.77 bits per heavy atom. The fourth-order valence-electron chi connectivity index (χ4n) is 2.13. The van der Waals surface area contributed by atoms with Crippen molar-refractivity contribution in [2.24, 2.45) is 0 Å². The summed E-state index contributed by atoms with van der Waals surface area (Å²) in [7, 11) is 1.59. The Morgan fingerprint density at radius 1 is 1.27 bits per heavy atom. The lowest BCUT2D eigenvalue weighted by atomic mass is 10.2. The zero-order valence-corrected chi connectivity index (χ0v) is 12.5. The van der Waals surface area contributed by atoms with Crippen molar-refractivity contribution in [3.63, 3.8) is 0 Å². The van der Waals surface area contributed by atoms with Gasteiger partial charge in [-0.25, -0.2) is 8.78 Å². The summed E-state index contributed by atoms with van der Waals surface area (Å²) in [5, 5.41) is 3.06. The molecule has 2 aromatic rings. The SMILES string of the molecule is COCCNCc1cn(-c2cc(F)ccc2F)c(C)cc1=O. The van der Waals surface area contributed by atoms with E-state index in [9.17, 15) is 13.6 Å². The van der Waals surface area contributed by atoms with Gasteiger partial charge in [-0.2, -0.15) is 0 Å². The van der Waals surface area contributed by atoms with Crippen molar-refractivity contribution >= 4 is 0 Å². The van der Waals surface area contributed by atoms with Crippen molar-refractivity contribution in [1.82, 2.24) is 9.88 Å². The van der Waals surface area contributed by atoms with Gasteiger partial charge in [0.1, 0.15) is 11.6 Å². The second kappa shape index (κ2) is 7.29. The molecule has 118 valence electrons. The van der Waals surface area contributed by atoms with Crippen LogP contribution in [0, 0.1) is 18.6 Å². The third kappa shape index (κ3) is 3.78. The number of aromatic nitrogens is 1. The molecule has 0 saturated heterocycles. The molecule has 0 aliphatic carbocycles. The summed E-state index contributed by atoms with van der Waals surface area (Å²) >= 11 is 0. The summed E-state index contributed by atoms with van der Waals surface area (Å²) in [6.07, 6.45) is 1.54. The van der Waals surface area contributed by atoms with Crippen LogP contribution in [0.5, 0.6) is 0 Å². The van der Waals surface area contributed by atoms with Gasteiger partial charge in [0.25, 0.3) is 0 Å². The molecule has 22 heavy (non-hydrogen) atoms. The number of methoxy groups -OCH3 is 1. The molecule has 0 bridgehead atoms. The maximum absolute atomic E-state index is 13.9. The molecule has 0 aliphatic heterocycles. The first-order valence-electron chi connectivity index (χ1n) is 6.90. The summed E-state index contributed by atoms with van der Waals surface area (Å²) < 4.78 is 33.7. The van der Waals surface area contributed by atoms with Crippen LogP contribution in [0.3, 0.4) is 0 Å². The Kier molecular flexibility index (Phi) is 5.41. The van der Waals surface area contributed by atoms with Gasteiger partial charge in [0.05, 0.1) is 12.3 Å². The number of benzene rings is 1. The van der Waals surface area contributed by atoms with Gasteiger partial charge in [0.15, 0.2) is 5.43 Å². The van der Waals surface area contributed by atoms with E-state index in [2.05, 4.69) is 5.32 Å². The molecular formula is C16H18F2N2O2. The van der Waals surface area contributed by atoms with E-state index in [1.165, 1.54) is 16.8 Å². The molecule has 0 unspecified atom stereocenters. The van der Waals surface area contributed by atoms with Crippen molar-refractivity contribution in [3.8, 4) is 5.69 Å². The lowest BCUT2D eigenvalue weighted by molar-refractivity contribution is 0.199. The Labute approximate surface area is 127 Å². The third-order valence-electron chi connectivity index (χ3n) is 3.29. The molecule has 0 saturated carbocycles. The van der Waals surface area contributed by atoms with Gasteiger partial charge in [0.2, 0.25) is 0 Å². The Morgan fingerprint density at radius 2 is 2.05 bits per heavy atom. The number of aryl methyl sites for hydroxylation is 1. The van der Waals surface area contributed by atoms with Crippen molar-refractivity contribution in [3.05, 3.63) is 63.6 Å². The molecule has 1 N–H and O–H groups in total. The number of nitrogens with zero attached hydrogens (tertiary/aromatic N) is 1.